The number of pyridine rings is 1. The van der Waals surface area contributed by atoms with Crippen LogP contribution in [0.5, 0.6) is 0 Å². The SMILES string of the molecule is O=S(=O)(c1ccc(Nc2ccnc3cc(Cl)ccc23)cc1)N1CCN(c2cc(Br)cc(Br)c2)CC1. The van der Waals surface area contributed by atoms with Gasteiger partial charge in [-0.3, -0.25) is 4.98 Å². The zero-order valence-electron chi connectivity index (χ0n) is 18.5. The number of piperazine rings is 1. The van der Waals surface area contributed by atoms with Crippen LogP contribution < -0.4 is 10.2 Å². The third-order valence-corrected chi connectivity index (χ3v) is 8.99. The van der Waals surface area contributed by atoms with Gasteiger partial charge in [0.15, 0.2) is 0 Å². The Morgan fingerprint density at radius 3 is 2.23 bits per heavy atom. The topological polar surface area (TPSA) is 65.5 Å². The zero-order chi connectivity index (χ0) is 24.6. The van der Waals surface area contributed by atoms with E-state index in [0.29, 0.717) is 31.2 Å². The number of nitrogens with one attached hydrogen (secondary N) is 1. The van der Waals surface area contributed by atoms with Crippen LogP contribution >= 0.6 is 43.5 Å². The first kappa shape index (κ1) is 24.5. The largest absolute Gasteiger partial charge is 0.369 e. The van der Waals surface area contributed by atoms with Gasteiger partial charge in [-0.05, 0) is 66.7 Å². The van der Waals surface area contributed by atoms with Crippen molar-refractivity contribution >= 4 is 81.4 Å². The van der Waals surface area contributed by atoms with E-state index in [0.717, 1.165) is 36.9 Å². The van der Waals surface area contributed by atoms with Crippen molar-refractivity contribution in [3.63, 3.8) is 0 Å². The highest BCUT2D eigenvalue weighted by Crippen LogP contribution is 2.30. The number of hydrogen-bond acceptors (Lipinski definition) is 5. The summed E-state index contributed by atoms with van der Waals surface area (Å²) in [5, 5.41) is 4.91. The first-order valence-electron chi connectivity index (χ1n) is 10.9. The third-order valence-electron chi connectivity index (χ3n) is 5.93. The Morgan fingerprint density at radius 1 is 0.857 bits per heavy atom. The summed E-state index contributed by atoms with van der Waals surface area (Å²) in [5.41, 5.74) is 3.51. The van der Waals surface area contributed by atoms with Crippen molar-refractivity contribution in [1.82, 2.24) is 9.29 Å². The van der Waals surface area contributed by atoms with E-state index < -0.39 is 10.0 Å². The molecule has 1 N–H and O–H groups in total. The van der Waals surface area contributed by atoms with Crippen LogP contribution in [0.1, 0.15) is 0 Å². The van der Waals surface area contributed by atoms with Crippen molar-refractivity contribution in [2.75, 3.05) is 36.4 Å². The number of nitrogens with zero attached hydrogens (tertiary/aromatic N) is 3. The number of aromatic nitrogens is 1. The van der Waals surface area contributed by atoms with Crippen molar-refractivity contribution in [1.29, 1.82) is 0 Å². The number of rotatable bonds is 5. The number of benzene rings is 3. The molecule has 180 valence electrons. The van der Waals surface area contributed by atoms with Crippen LogP contribution in [0.3, 0.4) is 0 Å². The van der Waals surface area contributed by atoms with E-state index in [1.54, 1.807) is 34.8 Å². The Labute approximate surface area is 226 Å². The lowest BCUT2D eigenvalue weighted by atomic mass is 10.2. The number of sulfonamides is 1. The van der Waals surface area contributed by atoms with Gasteiger partial charge >= 0.3 is 0 Å². The maximum atomic E-state index is 13.3. The van der Waals surface area contributed by atoms with Crippen LogP contribution in [0.15, 0.2) is 86.8 Å². The van der Waals surface area contributed by atoms with Gasteiger partial charge in [0.25, 0.3) is 0 Å². The van der Waals surface area contributed by atoms with Crippen LogP contribution in [0.25, 0.3) is 10.9 Å². The molecule has 0 unspecified atom stereocenters. The van der Waals surface area contributed by atoms with Crippen LogP contribution in [-0.4, -0.2) is 43.9 Å². The Hall–Kier alpha value is -2.17. The van der Waals surface area contributed by atoms with E-state index >= 15 is 0 Å². The Morgan fingerprint density at radius 2 is 1.54 bits per heavy atom. The maximum absolute atomic E-state index is 13.3. The molecule has 4 aromatic rings. The molecule has 1 aromatic heterocycles. The van der Waals surface area contributed by atoms with E-state index in [9.17, 15) is 8.42 Å². The van der Waals surface area contributed by atoms with Crippen molar-refractivity contribution < 1.29 is 8.42 Å². The molecule has 1 aliphatic heterocycles. The first-order chi connectivity index (χ1) is 16.8. The van der Waals surface area contributed by atoms with E-state index in [2.05, 4.69) is 47.1 Å². The molecule has 1 fully saturated rings. The second-order valence-electron chi connectivity index (χ2n) is 8.19. The predicted octanol–water partition coefficient (Wildman–Crippen LogP) is 6.67. The van der Waals surface area contributed by atoms with Gasteiger partial charge in [0.05, 0.1) is 10.4 Å². The highest BCUT2D eigenvalue weighted by molar-refractivity contribution is 9.11. The molecular weight excluding hydrogens is 616 g/mol. The molecule has 0 spiro atoms. The Kier molecular flexibility index (Phi) is 7.05. The summed E-state index contributed by atoms with van der Waals surface area (Å²) < 4.78 is 30.0. The highest BCUT2D eigenvalue weighted by Gasteiger charge is 2.28. The van der Waals surface area contributed by atoms with Gasteiger partial charge in [0.2, 0.25) is 10.0 Å². The number of anilines is 3. The highest BCUT2D eigenvalue weighted by atomic mass is 79.9. The summed E-state index contributed by atoms with van der Waals surface area (Å²) >= 11 is 13.1. The molecular formula is C25H21Br2ClN4O2S. The van der Waals surface area contributed by atoms with Gasteiger partial charge in [0.1, 0.15) is 0 Å². The lowest BCUT2D eigenvalue weighted by Gasteiger charge is -2.35. The lowest BCUT2D eigenvalue weighted by molar-refractivity contribution is 0.385. The minimum absolute atomic E-state index is 0.285. The van der Waals surface area contributed by atoms with E-state index in [1.807, 2.05) is 42.5 Å². The van der Waals surface area contributed by atoms with Crippen molar-refractivity contribution in [2.45, 2.75) is 4.90 Å². The fourth-order valence-corrected chi connectivity index (χ4v) is 7.01. The monoisotopic (exact) mass is 634 g/mol. The first-order valence-corrected chi connectivity index (χ1v) is 14.3. The number of fused-ring (bicyclic) bond motifs is 1. The molecule has 2 heterocycles. The van der Waals surface area contributed by atoms with Gasteiger partial charge < -0.3 is 10.2 Å². The summed E-state index contributed by atoms with van der Waals surface area (Å²) in [4.78, 5) is 6.84. The molecule has 35 heavy (non-hydrogen) atoms. The predicted molar refractivity (Wildman–Crippen MR) is 149 cm³/mol. The van der Waals surface area contributed by atoms with Crippen molar-refractivity contribution in [2.24, 2.45) is 0 Å². The molecule has 3 aromatic carbocycles. The Balaban J connectivity index is 1.29. The fourth-order valence-electron chi connectivity index (χ4n) is 4.15. The summed E-state index contributed by atoms with van der Waals surface area (Å²) in [6.07, 6.45) is 1.71. The fraction of sp³-hybridized carbons (Fsp3) is 0.160. The molecule has 1 saturated heterocycles. The average molecular weight is 637 g/mol. The quantitative estimate of drug-likeness (QED) is 0.265. The molecule has 0 aliphatic carbocycles. The molecule has 10 heteroatoms. The van der Waals surface area contributed by atoms with Crippen molar-refractivity contribution in [3.05, 3.63) is 86.9 Å². The van der Waals surface area contributed by atoms with Crippen LogP contribution in [-0.2, 0) is 10.0 Å². The molecule has 0 bridgehead atoms. The summed E-state index contributed by atoms with van der Waals surface area (Å²) in [7, 11) is -3.58. The molecule has 0 radical (unpaired) electrons. The normalized spacial score (nSPS) is 14.9. The minimum Gasteiger partial charge on any atom is -0.369 e. The van der Waals surface area contributed by atoms with Crippen molar-refractivity contribution in [3.8, 4) is 0 Å². The summed E-state index contributed by atoms with van der Waals surface area (Å²) in [5.74, 6) is 0. The van der Waals surface area contributed by atoms with Gasteiger partial charge in [0, 0.05) is 68.8 Å². The van der Waals surface area contributed by atoms with E-state index in [1.165, 1.54) is 0 Å². The summed E-state index contributed by atoms with van der Waals surface area (Å²) in [6.45, 7) is 2.11. The third kappa shape index (κ3) is 5.34. The molecule has 5 rings (SSSR count). The maximum Gasteiger partial charge on any atom is 0.243 e. The molecule has 1 aliphatic rings. The van der Waals surface area contributed by atoms with Gasteiger partial charge in [-0.1, -0.05) is 43.5 Å². The van der Waals surface area contributed by atoms with Crippen LogP contribution in [0.2, 0.25) is 5.02 Å². The zero-order valence-corrected chi connectivity index (χ0v) is 23.2. The van der Waals surface area contributed by atoms with E-state index in [-0.39, 0.29) is 4.90 Å². The second-order valence-corrected chi connectivity index (χ2v) is 12.4. The lowest BCUT2D eigenvalue weighted by Crippen LogP contribution is -2.48. The van der Waals surface area contributed by atoms with Gasteiger partial charge in [-0.2, -0.15) is 4.31 Å². The van der Waals surface area contributed by atoms with Crippen LogP contribution in [0, 0.1) is 0 Å². The Bertz CT molecular complexity index is 1470. The minimum atomic E-state index is -3.58. The second kappa shape index (κ2) is 10.1. The van der Waals surface area contributed by atoms with E-state index in [4.69, 9.17) is 11.6 Å². The van der Waals surface area contributed by atoms with Crippen LogP contribution in [0.4, 0.5) is 17.1 Å². The molecule has 6 nitrogen and oxygen atoms in total. The molecule has 0 atom stereocenters. The standard InChI is InChI=1S/C25H21Br2ClN4O2S/c26-17-13-18(27)15-21(14-17)31-9-11-32(12-10-31)35(33,34)22-4-2-20(3-5-22)30-24-7-8-29-25-16-19(28)1-6-23(24)25/h1-8,13-16H,9-12H2,(H,29,30). The van der Waals surface area contributed by atoms with Gasteiger partial charge in [-0.15, -0.1) is 0 Å². The molecule has 0 saturated carbocycles. The average Bonchev–Trinajstić information content (AvgIpc) is 2.84. The smallest absolute Gasteiger partial charge is 0.243 e. The number of halogens is 3. The molecule has 0 amide bonds. The number of hydrogen-bond donors (Lipinski definition) is 1. The summed E-state index contributed by atoms with van der Waals surface area (Å²) in [6, 6.07) is 20.4. The van der Waals surface area contributed by atoms with Gasteiger partial charge in [-0.25, -0.2) is 8.42 Å².